The highest BCUT2D eigenvalue weighted by Gasteiger charge is 2.30. The molecule has 0 bridgehead atoms. The van der Waals surface area contributed by atoms with Crippen molar-refractivity contribution in [1.82, 2.24) is 5.32 Å². The van der Waals surface area contributed by atoms with Crippen LogP contribution in [0.2, 0.25) is 0 Å². The Hall–Kier alpha value is -1.08. The molecule has 0 spiro atoms. The van der Waals surface area contributed by atoms with Crippen LogP contribution >= 0.6 is 0 Å². The number of halogens is 3. The van der Waals surface area contributed by atoms with Gasteiger partial charge >= 0.3 is 0 Å². The van der Waals surface area contributed by atoms with Gasteiger partial charge in [-0.3, -0.25) is 0 Å². The first-order valence-electron chi connectivity index (χ1n) is 6.25. The SMILES string of the molecule is CCCNC(c1ccc(F)c(F)c1F)C(C)S(C)(=O)=O. The molecule has 2 unspecified atom stereocenters. The third-order valence-electron chi connectivity index (χ3n) is 3.16. The monoisotopic (exact) mass is 309 g/mol. The molecule has 1 N–H and O–H groups in total. The van der Waals surface area contributed by atoms with Crippen molar-refractivity contribution in [2.75, 3.05) is 12.8 Å². The van der Waals surface area contributed by atoms with E-state index in [4.69, 9.17) is 0 Å². The predicted octanol–water partition coefficient (Wildman–Crippen LogP) is 2.58. The summed E-state index contributed by atoms with van der Waals surface area (Å²) in [5, 5.41) is 1.91. The minimum Gasteiger partial charge on any atom is -0.309 e. The zero-order chi connectivity index (χ0) is 15.5. The minimum atomic E-state index is -3.47. The lowest BCUT2D eigenvalue weighted by Crippen LogP contribution is -2.36. The molecule has 0 radical (unpaired) electrons. The van der Waals surface area contributed by atoms with Crippen LogP contribution in [0.3, 0.4) is 0 Å². The molecular weight excluding hydrogens is 291 g/mol. The average Bonchev–Trinajstić information content (AvgIpc) is 2.37. The van der Waals surface area contributed by atoms with Gasteiger partial charge in [0, 0.05) is 11.8 Å². The van der Waals surface area contributed by atoms with Crippen molar-refractivity contribution in [3.8, 4) is 0 Å². The molecular formula is C13H18F3NO2S. The summed E-state index contributed by atoms with van der Waals surface area (Å²) in [6.07, 6.45) is 1.72. The summed E-state index contributed by atoms with van der Waals surface area (Å²) >= 11 is 0. The number of nitrogens with one attached hydrogen (secondary N) is 1. The van der Waals surface area contributed by atoms with E-state index < -0.39 is 38.6 Å². The van der Waals surface area contributed by atoms with Gasteiger partial charge in [0.1, 0.15) is 0 Å². The van der Waals surface area contributed by atoms with E-state index in [0.717, 1.165) is 18.4 Å². The largest absolute Gasteiger partial charge is 0.309 e. The van der Waals surface area contributed by atoms with Crippen LogP contribution in [0.25, 0.3) is 0 Å². The van der Waals surface area contributed by atoms with Crippen molar-refractivity contribution in [3.63, 3.8) is 0 Å². The number of rotatable bonds is 6. The van der Waals surface area contributed by atoms with Gasteiger partial charge in [0.05, 0.1) is 11.3 Å². The molecule has 7 heteroatoms. The Morgan fingerprint density at radius 3 is 2.30 bits per heavy atom. The zero-order valence-corrected chi connectivity index (χ0v) is 12.4. The summed E-state index contributed by atoms with van der Waals surface area (Å²) in [5.41, 5.74) is -0.185. The molecule has 0 amide bonds. The van der Waals surface area contributed by atoms with Crippen molar-refractivity contribution in [1.29, 1.82) is 0 Å². The molecule has 0 fully saturated rings. The highest BCUT2D eigenvalue weighted by molar-refractivity contribution is 7.91. The Balaban J connectivity index is 3.28. The smallest absolute Gasteiger partial charge is 0.194 e. The summed E-state index contributed by atoms with van der Waals surface area (Å²) < 4.78 is 63.4. The Bertz CT molecular complexity index is 575. The molecule has 0 saturated heterocycles. The number of hydrogen-bond donors (Lipinski definition) is 1. The van der Waals surface area contributed by atoms with Crippen molar-refractivity contribution in [2.45, 2.75) is 31.6 Å². The van der Waals surface area contributed by atoms with Crippen LogP contribution in [-0.2, 0) is 9.84 Å². The van der Waals surface area contributed by atoms with Crippen LogP contribution < -0.4 is 5.32 Å². The Morgan fingerprint density at radius 2 is 1.80 bits per heavy atom. The lowest BCUT2D eigenvalue weighted by Gasteiger charge is -2.25. The molecule has 3 nitrogen and oxygen atoms in total. The number of benzene rings is 1. The lowest BCUT2D eigenvalue weighted by molar-refractivity contribution is 0.419. The van der Waals surface area contributed by atoms with Gasteiger partial charge in [-0.25, -0.2) is 21.6 Å². The normalized spacial score (nSPS) is 15.1. The van der Waals surface area contributed by atoms with E-state index in [-0.39, 0.29) is 5.56 Å². The van der Waals surface area contributed by atoms with Crippen LogP contribution in [0.4, 0.5) is 13.2 Å². The fraction of sp³-hybridized carbons (Fsp3) is 0.538. The van der Waals surface area contributed by atoms with Gasteiger partial charge in [-0.15, -0.1) is 0 Å². The summed E-state index contributed by atoms with van der Waals surface area (Å²) in [6.45, 7) is 3.70. The van der Waals surface area contributed by atoms with Crippen molar-refractivity contribution < 1.29 is 21.6 Å². The van der Waals surface area contributed by atoms with Gasteiger partial charge in [0.25, 0.3) is 0 Å². The third-order valence-corrected chi connectivity index (χ3v) is 4.78. The first-order chi connectivity index (χ1) is 9.20. The van der Waals surface area contributed by atoms with E-state index in [2.05, 4.69) is 5.32 Å². The molecule has 0 aliphatic carbocycles. The highest BCUT2D eigenvalue weighted by Crippen LogP contribution is 2.26. The van der Waals surface area contributed by atoms with Gasteiger partial charge in [-0.1, -0.05) is 13.0 Å². The van der Waals surface area contributed by atoms with E-state index >= 15 is 0 Å². The van der Waals surface area contributed by atoms with E-state index in [0.29, 0.717) is 13.0 Å². The predicted molar refractivity (Wildman–Crippen MR) is 71.7 cm³/mol. The van der Waals surface area contributed by atoms with Crippen molar-refractivity contribution >= 4 is 9.84 Å². The van der Waals surface area contributed by atoms with Crippen molar-refractivity contribution in [3.05, 3.63) is 35.1 Å². The van der Waals surface area contributed by atoms with Gasteiger partial charge in [0.2, 0.25) is 0 Å². The standard InChI is InChI=1S/C13H18F3NO2S/c1-4-7-17-13(8(2)20(3,18)19)9-5-6-10(14)12(16)11(9)15/h5-6,8,13,17H,4,7H2,1-3H3. The van der Waals surface area contributed by atoms with Crippen LogP contribution in [-0.4, -0.2) is 26.5 Å². The summed E-state index contributed by atoms with van der Waals surface area (Å²) in [7, 11) is -3.47. The third kappa shape index (κ3) is 3.73. The highest BCUT2D eigenvalue weighted by atomic mass is 32.2. The fourth-order valence-electron chi connectivity index (χ4n) is 1.86. The molecule has 0 aliphatic rings. The molecule has 114 valence electrons. The van der Waals surface area contributed by atoms with E-state index in [9.17, 15) is 21.6 Å². The van der Waals surface area contributed by atoms with Crippen LogP contribution in [0.5, 0.6) is 0 Å². The fourth-order valence-corrected chi connectivity index (χ4v) is 2.59. The first kappa shape index (κ1) is 17.0. The molecule has 0 aromatic heterocycles. The number of sulfone groups is 1. The second-order valence-corrected chi connectivity index (χ2v) is 7.13. The molecule has 0 aliphatic heterocycles. The molecule has 0 heterocycles. The maximum atomic E-state index is 13.8. The first-order valence-corrected chi connectivity index (χ1v) is 8.21. The average molecular weight is 309 g/mol. The van der Waals surface area contributed by atoms with Gasteiger partial charge in [-0.2, -0.15) is 0 Å². The Morgan fingerprint density at radius 1 is 1.20 bits per heavy atom. The topological polar surface area (TPSA) is 46.2 Å². The number of hydrogen-bond acceptors (Lipinski definition) is 3. The maximum absolute atomic E-state index is 13.8. The van der Waals surface area contributed by atoms with E-state index in [1.54, 1.807) is 0 Å². The van der Waals surface area contributed by atoms with Gasteiger partial charge < -0.3 is 5.32 Å². The van der Waals surface area contributed by atoms with E-state index in [1.165, 1.54) is 6.92 Å². The molecule has 0 saturated carbocycles. The van der Waals surface area contributed by atoms with Crippen LogP contribution in [0.1, 0.15) is 31.9 Å². The Labute approximate surface area is 117 Å². The molecule has 20 heavy (non-hydrogen) atoms. The van der Waals surface area contributed by atoms with E-state index in [1.807, 2.05) is 6.92 Å². The van der Waals surface area contributed by atoms with Gasteiger partial charge in [0.15, 0.2) is 27.3 Å². The molecule has 2 atom stereocenters. The summed E-state index contributed by atoms with van der Waals surface area (Å²) in [5.74, 6) is -4.24. The molecule has 1 aromatic rings. The molecule has 1 aromatic carbocycles. The quantitative estimate of drug-likeness (QED) is 0.822. The second kappa shape index (κ2) is 6.58. The van der Waals surface area contributed by atoms with Gasteiger partial charge in [-0.05, 0) is 26.0 Å². The minimum absolute atomic E-state index is 0.185. The second-order valence-electron chi connectivity index (χ2n) is 4.73. The summed E-state index contributed by atoms with van der Waals surface area (Å²) in [6, 6.07) is 0.937. The van der Waals surface area contributed by atoms with Crippen LogP contribution in [0, 0.1) is 17.5 Å². The van der Waals surface area contributed by atoms with Crippen LogP contribution in [0.15, 0.2) is 12.1 Å². The Kier molecular flexibility index (Phi) is 5.59. The molecule has 1 rings (SSSR count). The zero-order valence-electron chi connectivity index (χ0n) is 11.6. The van der Waals surface area contributed by atoms with Crippen molar-refractivity contribution in [2.24, 2.45) is 0 Å². The summed E-state index contributed by atoms with van der Waals surface area (Å²) in [4.78, 5) is 0. The lowest BCUT2D eigenvalue weighted by atomic mass is 10.0. The maximum Gasteiger partial charge on any atom is 0.194 e.